The second kappa shape index (κ2) is 7.51. The molecule has 0 fully saturated rings. The van der Waals surface area contributed by atoms with E-state index in [1.54, 1.807) is 23.6 Å². The fourth-order valence-electron chi connectivity index (χ4n) is 2.30. The van der Waals surface area contributed by atoms with Gasteiger partial charge in [-0.05, 0) is 35.9 Å². The van der Waals surface area contributed by atoms with Crippen LogP contribution in [0.15, 0.2) is 62.9 Å². The molecule has 7 heteroatoms. The van der Waals surface area contributed by atoms with Gasteiger partial charge in [0, 0.05) is 19.9 Å². The van der Waals surface area contributed by atoms with E-state index >= 15 is 0 Å². The van der Waals surface area contributed by atoms with Gasteiger partial charge < -0.3 is 10.4 Å². The van der Waals surface area contributed by atoms with E-state index in [0.717, 1.165) is 14.5 Å². The first-order valence-electron chi connectivity index (χ1n) is 7.13. The second-order valence-corrected chi connectivity index (χ2v) is 7.84. The number of carboxylic acid groups (broad SMARTS) is 1. The number of halogens is 2. The van der Waals surface area contributed by atoms with Crippen LogP contribution in [0, 0.1) is 0 Å². The number of benzene rings is 2. The van der Waals surface area contributed by atoms with Crippen LogP contribution in [0.2, 0.25) is 0 Å². The zero-order valence-corrected chi connectivity index (χ0v) is 16.6. The molecule has 126 valence electrons. The first-order valence-corrected chi connectivity index (χ1v) is 9.60. The standard InChI is InChI=1S/C18H11Br2NO3S/c19-12-6-4-10(5-7-12)16-15(18(23)24)14(9-25-16)21-17(22)11-2-1-3-13(20)8-11/h1-9H,(H,21,22)(H,23,24). The van der Waals surface area contributed by atoms with Gasteiger partial charge in [0.15, 0.2) is 0 Å². The molecule has 1 amide bonds. The van der Waals surface area contributed by atoms with Crippen LogP contribution in [-0.4, -0.2) is 17.0 Å². The fourth-order valence-corrected chi connectivity index (χ4v) is 3.96. The summed E-state index contributed by atoms with van der Waals surface area (Å²) in [6.07, 6.45) is 0. The SMILES string of the molecule is O=C(Nc1csc(-c2ccc(Br)cc2)c1C(=O)O)c1cccc(Br)c1. The largest absolute Gasteiger partial charge is 0.478 e. The number of hydrogen-bond acceptors (Lipinski definition) is 3. The third kappa shape index (κ3) is 4.00. The molecule has 0 saturated carbocycles. The van der Waals surface area contributed by atoms with Gasteiger partial charge in [-0.3, -0.25) is 4.79 Å². The maximum absolute atomic E-state index is 12.4. The third-order valence-corrected chi connectivity index (χ3v) is 5.50. The van der Waals surface area contributed by atoms with Crippen molar-refractivity contribution in [2.24, 2.45) is 0 Å². The van der Waals surface area contributed by atoms with E-state index < -0.39 is 5.97 Å². The Balaban J connectivity index is 1.96. The van der Waals surface area contributed by atoms with Crippen molar-refractivity contribution >= 4 is 60.8 Å². The van der Waals surface area contributed by atoms with Crippen molar-refractivity contribution in [1.29, 1.82) is 0 Å². The van der Waals surface area contributed by atoms with E-state index in [1.165, 1.54) is 11.3 Å². The number of anilines is 1. The predicted molar refractivity (Wildman–Crippen MR) is 107 cm³/mol. The van der Waals surface area contributed by atoms with E-state index in [2.05, 4.69) is 37.2 Å². The van der Waals surface area contributed by atoms with Crippen molar-refractivity contribution in [3.8, 4) is 10.4 Å². The van der Waals surface area contributed by atoms with E-state index in [-0.39, 0.29) is 11.5 Å². The summed E-state index contributed by atoms with van der Waals surface area (Å²) < 4.78 is 1.69. The highest BCUT2D eigenvalue weighted by atomic mass is 79.9. The lowest BCUT2D eigenvalue weighted by Gasteiger charge is -2.07. The molecule has 2 aromatic carbocycles. The number of thiophene rings is 1. The van der Waals surface area contributed by atoms with Gasteiger partial charge in [-0.15, -0.1) is 11.3 Å². The lowest BCUT2D eigenvalue weighted by molar-refractivity contribution is 0.0699. The molecule has 2 N–H and O–H groups in total. The summed E-state index contributed by atoms with van der Waals surface area (Å²) in [6.45, 7) is 0. The molecular formula is C18H11Br2NO3S. The zero-order chi connectivity index (χ0) is 18.0. The lowest BCUT2D eigenvalue weighted by atomic mass is 10.1. The van der Waals surface area contributed by atoms with Crippen LogP contribution in [-0.2, 0) is 0 Å². The van der Waals surface area contributed by atoms with Crippen LogP contribution in [0.5, 0.6) is 0 Å². The Kier molecular flexibility index (Phi) is 5.36. The molecule has 0 bridgehead atoms. The summed E-state index contributed by atoms with van der Waals surface area (Å²) in [5, 5.41) is 14.0. The number of rotatable bonds is 4. The maximum Gasteiger partial charge on any atom is 0.339 e. The molecule has 4 nitrogen and oxygen atoms in total. The summed E-state index contributed by atoms with van der Waals surface area (Å²) in [5.41, 5.74) is 1.62. The molecule has 0 aliphatic heterocycles. The Labute approximate surface area is 164 Å². The molecular weight excluding hydrogens is 470 g/mol. The van der Waals surface area contributed by atoms with Gasteiger partial charge in [-0.2, -0.15) is 0 Å². The van der Waals surface area contributed by atoms with Gasteiger partial charge in [0.2, 0.25) is 0 Å². The highest BCUT2D eigenvalue weighted by Gasteiger charge is 2.21. The van der Waals surface area contributed by atoms with E-state index in [4.69, 9.17) is 0 Å². The zero-order valence-electron chi connectivity index (χ0n) is 12.6. The molecule has 1 aromatic heterocycles. The Bertz CT molecular complexity index is 951. The quantitative estimate of drug-likeness (QED) is 0.489. The van der Waals surface area contributed by atoms with Crippen molar-refractivity contribution in [3.63, 3.8) is 0 Å². The topological polar surface area (TPSA) is 66.4 Å². The van der Waals surface area contributed by atoms with Crippen LogP contribution < -0.4 is 5.32 Å². The first kappa shape index (κ1) is 17.8. The van der Waals surface area contributed by atoms with Gasteiger partial charge in [0.25, 0.3) is 5.91 Å². The van der Waals surface area contributed by atoms with E-state index in [0.29, 0.717) is 16.1 Å². The third-order valence-electron chi connectivity index (χ3n) is 3.45. The Morgan fingerprint density at radius 1 is 1.00 bits per heavy atom. The smallest absolute Gasteiger partial charge is 0.339 e. The van der Waals surface area contributed by atoms with Gasteiger partial charge in [0.1, 0.15) is 5.56 Å². The number of amides is 1. The normalized spacial score (nSPS) is 10.5. The number of carboxylic acids is 1. The minimum atomic E-state index is -1.08. The van der Waals surface area contributed by atoms with Crippen LogP contribution in [0.1, 0.15) is 20.7 Å². The number of hydrogen-bond donors (Lipinski definition) is 2. The van der Waals surface area contributed by atoms with Gasteiger partial charge in [-0.1, -0.05) is 50.1 Å². The molecule has 0 unspecified atom stereocenters. The molecule has 3 aromatic rings. The van der Waals surface area contributed by atoms with Crippen molar-refractivity contribution in [2.75, 3.05) is 5.32 Å². The summed E-state index contributed by atoms with van der Waals surface area (Å²) >= 11 is 7.96. The van der Waals surface area contributed by atoms with Gasteiger partial charge in [-0.25, -0.2) is 4.79 Å². The molecule has 0 radical (unpaired) electrons. The number of aromatic carboxylic acids is 1. The molecule has 3 rings (SSSR count). The lowest BCUT2D eigenvalue weighted by Crippen LogP contribution is -2.14. The minimum absolute atomic E-state index is 0.0932. The van der Waals surface area contributed by atoms with Crippen LogP contribution in [0.4, 0.5) is 5.69 Å². The summed E-state index contributed by atoms with van der Waals surface area (Å²) in [5.74, 6) is -1.44. The molecule has 1 heterocycles. The molecule has 0 aliphatic carbocycles. The maximum atomic E-state index is 12.4. The second-order valence-electron chi connectivity index (χ2n) is 5.13. The van der Waals surface area contributed by atoms with Crippen molar-refractivity contribution in [2.45, 2.75) is 0 Å². The monoisotopic (exact) mass is 479 g/mol. The first-order chi connectivity index (χ1) is 12.0. The molecule has 0 aliphatic rings. The summed E-state index contributed by atoms with van der Waals surface area (Å²) in [7, 11) is 0. The average molecular weight is 481 g/mol. The molecule has 0 spiro atoms. The highest BCUT2D eigenvalue weighted by molar-refractivity contribution is 9.10. The number of nitrogens with one attached hydrogen (secondary N) is 1. The molecule has 0 saturated heterocycles. The van der Waals surface area contributed by atoms with Crippen molar-refractivity contribution in [3.05, 3.63) is 74.0 Å². The predicted octanol–water partition coefficient (Wildman–Crippen LogP) is 5.89. The van der Waals surface area contributed by atoms with Crippen LogP contribution in [0.25, 0.3) is 10.4 Å². The van der Waals surface area contributed by atoms with E-state index in [9.17, 15) is 14.7 Å². The van der Waals surface area contributed by atoms with Gasteiger partial charge in [0.05, 0.1) is 10.6 Å². The van der Waals surface area contributed by atoms with Crippen molar-refractivity contribution in [1.82, 2.24) is 0 Å². The van der Waals surface area contributed by atoms with Crippen LogP contribution >= 0.6 is 43.2 Å². The fraction of sp³-hybridized carbons (Fsp3) is 0. The summed E-state index contributed by atoms with van der Waals surface area (Å²) in [6, 6.07) is 14.3. The number of carbonyl (C=O) groups excluding carboxylic acids is 1. The van der Waals surface area contributed by atoms with E-state index in [1.807, 2.05) is 30.3 Å². The Morgan fingerprint density at radius 2 is 1.72 bits per heavy atom. The average Bonchev–Trinajstić information content (AvgIpc) is 2.99. The minimum Gasteiger partial charge on any atom is -0.478 e. The Hall–Kier alpha value is -1.96. The number of carbonyl (C=O) groups is 2. The van der Waals surface area contributed by atoms with Crippen LogP contribution in [0.3, 0.4) is 0 Å². The molecule has 0 atom stereocenters. The summed E-state index contributed by atoms with van der Waals surface area (Å²) in [4.78, 5) is 24.8. The molecule has 25 heavy (non-hydrogen) atoms. The van der Waals surface area contributed by atoms with Crippen molar-refractivity contribution < 1.29 is 14.7 Å². The highest BCUT2D eigenvalue weighted by Crippen LogP contribution is 2.36. The Morgan fingerprint density at radius 3 is 2.36 bits per heavy atom. The van der Waals surface area contributed by atoms with Gasteiger partial charge >= 0.3 is 5.97 Å².